The largest absolute Gasteiger partial charge is 0.464 e. The van der Waals surface area contributed by atoms with Gasteiger partial charge in [-0.05, 0) is 54.4 Å². The van der Waals surface area contributed by atoms with Crippen LogP contribution in [0.25, 0.3) is 0 Å². The molecule has 0 saturated heterocycles. The monoisotopic (exact) mass is 668 g/mol. The van der Waals surface area contributed by atoms with Crippen LogP contribution < -0.4 is 10.0 Å². The van der Waals surface area contributed by atoms with Crippen molar-refractivity contribution in [2.45, 2.75) is 30.8 Å². The van der Waals surface area contributed by atoms with Crippen molar-refractivity contribution in [3.05, 3.63) is 167 Å². The highest BCUT2D eigenvalue weighted by atomic mass is 79.9. The average molecular weight is 670 g/mol. The van der Waals surface area contributed by atoms with Crippen molar-refractivity contribution in [3.8, 4) is 0 Å². The fourth-order valence-electron chi connectivity index (χ4n) is 6.78. The highest BCUT2D eigenvalue weighted by Gasteiger charge is 2.73. The Hall–Kier alpha value is -5.01. The van der Waals surface area contributed by atoms with Gasteiger partial charge in [0.15, 0.2) is 5.54 Å². The molecule has 0 saturated carbocycles. The summed E-state index contributed by atoms with van der Waals surface area (Å²) >= 11 is 3.60. The molecular weight excluding hydrogens is 636 g/mol. The zero-order valence-electron chi connectivity index (χ0n) is 25.5. The lowest BCUT2D eigenvalue weighted by molar-refractivity contribution is -0.151. The first-order valence-electron chi connectivity index (χ1n) is 15.5. The standard InChI is InChI=1S/C39H33BrN4O2/c1-2-46-37(45)39(27-29-23-25-32(40)26-24-29)38(36(31-17-9-4-10-18-31)42-44(39)34-21-13-6-14-22-34)28-35(30-15-7-3-8-16-30)41-43(38)33-19-11-5-12-20-33/h3-26H,2,27-28H2,1H3/t38-,39-/m1/s1. The number of carbonyl (C=O) groups excluding carboxylic acids is 1. The van der Waals surface area contributed by atoms with Gasteiger partial charge in [0.05, 0.1) is 29.4 Å². The number of hydrazone groups is 2. The van der Waals surface area contributed by atoms with Crippen LogP contribution in [-0.2, 0) is 16.0 Å². The third-order valence-electron chi connectivity index (χ3n) is 8.79. The molecule has 7 rings (SSSR count). The van der Waals surface area contributed by atoms with Crippen LogP contribution in [0.2, 0.25) is 0 Å². The summed E-state index contributed by atoms with van der Waals surface area (Å²) in [7, 11) is 0. The average Bonchev–Trinajstić information content (AvgIpc) is 3.65. The van der Waals surface area contributed by atoms with Gasteiger partial charge in [0.2, 0.25) is 0 Å². The molecule has 2 aliphatic heterocycles. The zero-order chi connectivity index (χ0) is 31.6. The van der Waals surface area contributed by atoms with Gasteiger partial charge in [-0.2, -0.15) is 10.2 Å². The Morgan fingerprint density at radius 1 is 0.696 bits per heavy atom. The lowest BCUT2D eigenvalue weighted by atomic mass is 9.66. The molecule has 5 aromatic rings. The number of esters is 1. The van der Waals surface area contributed by atoms with Crippen LogP contribution in [-0.4, -0.2) is 35.1 Å². The summed E-state index contributed by atoms with van der Waals surface area (Å²) in [6.45, 7) is 2.08. The van der Waals surface area contributed by atoms with E-state index in [1.165, 1.54) is 0 Å². The molecule has 46 heavy (non-hydrogen) atoms. The van der Waals surface area contributed by atoms with Crippen molar-refractivity contribution in [2.24, 2.45) is 10.2 Å². The van der Waals surface area contributed by atoms with E-state index in [0.717, 1.165) is 44.0 Å². The Balaban J connectivity index is 1.59. The van der Waals surface area contributed by atoms with Crippen molar-refractivity contribution in [1.82, 2.24) is 0 Å². The Labute approximate surface area is 277 Å². The molecule has 228 valence electrons. The minimum Gasteiger partial charge on any atom is -0.464 e. The second kappa shape index (κ2) is 12.4. The van der Waals surface area contributed by atoms with Crippen molar-refractivity contribution in [2.75, 3.05) is 16.6 Å². The Bertz CT molecular complexity index is 1880. The predicted octanol–water partition coefficient (Wildman–Crippen LogP) is 8.27. The van der Waals surface area contributed by atoms with Gasteiger partial charge in [-0.15, -0.1) is 0 Å². The molecule has 6 nitrogen and oxygen atoms in total. The normalized spacial score (nSPS) is 20.5. The summed E-state index contributed by atoms with van der Waals surface area (Å²) in [6.07, 6.45) is 0.729. The van der Waals surface area contributed by atoms with Crippen molar-refractivity contribution >= 4 is 44.7 Å². The first kappa shape index (κ1) is 29.7. The Morgan fingerprint density at radius 2 is 1.22 bits per heavy atom. The number of rotatable bonds is 8. The fourth-order valence-corrected chi connectivity index (χ4v) is 7.04. The third kappa shape index (κ3) is 4.92. The number of nitrogens with zero attached hydrogens (tertiary/aromatic N) is 4. The molecule has 0 aromatic heterocycles. The van der Waals surface area contributed by atoms with Gasteiger partial charge in [-0.1, -0.05) is 125 Å². The molecule has 0 radical (unpaired) electrons. The van der Waals surface area contributed by atoms with Gasteiger partial charge < -0.3 is 4.74 Å². The number of hydrogen-bond donors (Lipinski definition) is 0. The van der Waals surface area contributed by atoms with Crippen molar-refractivity contribution < 1.29 is 9.53 Å². The van der Waals surface area contributed by atoms with Gasteiger partial charge in [0.1, 0.15) is 5.54 Å². The van der Waals surface area contributed by atoms with Gasteiger partial charge in [-0.3, -0.25) is 0 Å². The SMILES string of the molecule is CCOC(=O)[C@@]1(Cc2ccc(Br)cc2)N(c2ccccc2)N=C(c2ccccc2)[C@]12CC(c1ccccc1)=NN2c1ccccc1. The van der Waals surface area contributed by atoms with E-state index in [1.54, 1.807) is 0 Å². The highest BCUT2D eigenvalue weighted by molar-refractivity contribution is 9.10. The predicted molar refractivity (Wildman–Crippen MR) is 188 cm³/mol. The molecule has 0 fully saturated rings. The van der Waals surface area contributed by atoms with Gasteiger partial charge in [0.25, 0.3) is 0 Å². The van der Waals surface area contributed by atoms with Crippen LogP contribution in [0.3, 0.4) is 0 Å². The first-order chi connectivity index (χ1) is 22.6. The van der Waals surface area contributed by atoms with Crippen molar-refractivity contribution in [1.29, 1.82) is 0 Å². The smallest absolute Gasteiger partial charge is 0.337 e. The van der Waals surface area contributed by atoms with E-state index in [2.05, 4.69) is 52.3 Å². The number of halogens is 1. The minimum absolute atomic E-state index is 0.220. The van der Waals surface area contributed by atoms with Crippen LogP contribution in [0, 0.1) is 0 Å². The maximum Gasteiger partial charge on any atom is 0.337 e. The lowest BCUT2D eigenvalue weighted by Crippen LogP contribution is -2.73. The van der Waals surface area contributed by atoms with E-state index in [1.807, 2.05) is 126 Å². The molecule has 5 aromatic carbocycles. The van der Waals surface area contributed by atoms with Gasteiger partial charge in [0, 0.05) is 22.9 Å². The second-order valence-corrected chi connectivity index (χ2v) is 12.4. The molecule has 7 heteroatoms. The number of benzene rings is 5. The quantitative estimate of drug-likeness (QED) is 0.156. The molecule has 0 aliphatic carbocycles. The third-order valence-corrected chi connectivity index (χ3v) is 9.31. The lowest BCUT2D eigenvalue weighted by Gasteiger charge is -2.49. The van der Waals surface area contributed by atoms with Crippen LogP contribution in [0.4, 0.5) is 11.4 Å². The molecule has 1 spiro atoms. The van der Waals surface area contributed by atoms with Crippen LogP contribution in [0.1, 0.15) is 30.0 Å². The van der Waals surface area contributed by atoms with Crippen LogP contribution in [0.5, 0.6) is 0 Å². The maximum absolute atomic E-state index is 15.2. The number of ether oxygens (including phenoxy) is 1. The van der Waals surface area contributed by atoms with E-state index in [-0.39, 0.29) is 12.6 Å². The summed E-state index contributed by atoms with van der Waals surface area (Å²) < 4.78 is 7.10. The van der Waals surface area contributed by atoms with E-state index in [9.17, 15) is 0 Å². The van der Waals surface area contributed by atoms with Crippen molar-refractivity contribution in [3.63, 3.8) is 0 Å². The van der Waals surface area contributed by atoms with E-state index in [0.29, 0.717) is 12.8 Å². The molecule has 0 N–H and O–H groups in total. The second-order valence-electron chi connectivity index (χ2n) is 11.4. The minimum atomic E-state index is -1.38. The van der Waals surface area contributed by atoms with E-state index < -0.39 is 11.1 Å². The Kier molecular flexibility index (Phi) is 8.01. The molecule has 0 bridgehead atoms. The Morgan fingerprint density at radius 3 is 1.78 bits per heavy atom. The van der Waals surface area contributed by atoms with Crippen LogP contribution >= 0.6 is 15.9 Å². The number of carbonyl (C=O) groups is 1. The molecule has 2 atom stereocenters. The molecule has 2 heterocycles. The highest BCUT2D eigenvalue weighted by Crippen LogP contribution is 2.54. The first-order valence-corrected chi connectivity index (χ1v) is 16.3. The van der Waals surface area contributed by atoms with Gasteiger partial charge >= 0.3 is 5.97 Å². The molecule has 0 amide bonds. The number of anilines is 2. The summed E-state index contributed by atoms with van der Waals surface area (Å²) in [4.78, 5) is 15.2. The van der Waals surface area contributed by atoms with Crippen LogP contribution in [0.15, 0.2) is 160 Å². The topological polar surface area (TPSA) is 57.5 Å². The maximum atomic E-state index is 15.2. The number of hydrogen-bond acceptors (Lipinski definition) is 6. The molecule has 2 aliphatic rings. The van der Waals surface area contributed by atoms with E-state index in [4.69, 9.17) is 14.9 Å². The summed E-state index contributed by atoms with van der Waals surface area (Å²) in [5, 5.41) is 14.8. The summed E-state index contributed by atoms with van der Waals surface area (Å²) in [5.74, 6) is -0.359. The summed E-state index contributed by atoms with van der Waals surface area (Å²) in [6, 6.07) is 48.5. The number of para-hydroxylation sites is 2. The molecule has 0 unspecified atom stereocenters. The zero-order valence-corrected chi connectivity index (χ0v) is 27.0. The fraction of sp³-hybridized carbons (Fsp3) is 0.154. The van der Waals surface area contributed by atoms with Gasteiger partial charge in [-0.25, -0.2) is 14.8 Å². The summed E-state index contributed by atoms with van der Waals surface area (Å²) in [5.41, 5.74) is 3.66. The van der Waals surface area contributed by atoms with E-state index >= 15 is 4.79 Å². The molecular formula is C39H33BrN4O2.